The Kier molecular flexibility index (Phi) is 4.14. The summed E-state index contributed by atoms with van der Waals surface area (Å²) in [5, 5.41) is 2.61. The minimum absolute atomic E-state index is 0.202. The second kappa shape index (κ2) is 6.39. The maximum absolute atomic E-state index is 13.6. The van der Waals surface area contributed by atoms with Gasteiger partial charge in [-0.05, 0) is 29.8 Å². The quantitative estimate of drug-likeness (QED) is 0.802. The van der Waals surface area contributed by atoms with Gasteiger partial charge in [-0.3, -0.25) is 4.79 Å². The minimum Gasteiger partial charge on any atom is -0.333 e. The highest BCUT2D eigenvalue weighted by atomic mass is 19.1. The van der Waals surface area contributed by atoms with Crippen LogP contribution < -0.4 is 5.32 Å². The summed E-state index contributed by atoms with van der Waals surface area (Å²) in [6.07, 6.45) is 5.21. The normalized spacial score (nSPS) is 10.5. The molecule has 116 valence electrons. The zero-order valence-electron chi connectivity index (χ0n) is 12.0. The molecule has 6 heteroatoms. The first-order valence-electron chi connectivity index (χ1n) is 6.93. The van der Waals surface area contributed by atoms with E-state index < -0.39 is 17.5 Å². The number of aromatic nitrogens is 2. The third-order valence-electron chi connectivity index (χ3n) is 3.28. The second-order valence-electron chi connectivity index (χ2n) is 5.01. The lowest BCUT2D eigenvalue weighted by atomic mass is 10.1. The minimum atomic E-state index is -0.892. The highest BCUT2D eigenvalue weighted by Gasteiger charge is 2.12. The summed E-state index contributed by atoms with van der Waals surface area (Å²) in [6.45, 7) is 0.606. The molecule has 1 N–H and O–H groups in total. The van der Waals surface area contributed by atoms with Gasteiger partial charge in [-0.1, -0.05) is 12.1 Å². The largest absolute Gasteiger partial charge is 0.333 e. The lowest BCUT2D eigenvalue weighted by Crippen LogP contribution is -2.14. The van der Waals surface area contributed by atoms with Gasteiger partial charge in [-0.25, -0.2) is 13.8 Å². The van der Waals surface area contributed by atoms with Crippen molar-refractivity contribution in [3.8, 4) is 0 Å². The number of carbonyl (C=O) groups excluding carboxylic acids is 1. The number of nitrogens with one attached hydrogen (secondary N) is 1. The molecular weight excluding hydrogens is 300 g/mol. The standard InChI is InChI=1S/C17H13F2N3O/c18-13-4-5-15(16(19)9-13)17(23)21-14-3-1-2-12(8-14)10-22-7-6-20-11-22/h1-9,11H,10H2,(H,21,23). The first-order chi connectivity index (χ1) is 11.1. The van der Waals surface area contributed by atoms with Crippen molar-refractivity contribution in [3.63, 3.8) is 0 Å². The molecule has 0 aliphatic heterocycles. The summed E-state index contributed by atoms with van der Waals surface area (Å²) in [5.41, 5.74) is 1.29. The Morgan fingerprint density at radius 3 is 2.78 bits per heavy atom. The summed E-state index contributed by atoms with van der Waals surface area (Å²) in [7, 11) is 0. The fourth-order valence-electron chi connectivity index (χ4n) is 2.21. The van der Waals surface area contributed by atoms with E-state index in [4.69, 9.17) is 0 Å². The maximum Gasteiger partial charge on any atom is 0.258 e. The van der Waals surface area contributed by atoms with Crippen molar-refractivity contribution in [2.45, 2.75) is 6.54 Å². The highest BCUT2D eigenvalue weighted by Crippen LogP contribution is 2.15. The number of rotatable bonds is 4. The van der Waals surface area contributed by atoms with Crippen LogP contribution in [-0.2, 0) is 6.54 Å². The molecule has 0 fully saturated rings. The summed E-state index contributed by atoms with van der Waals surface area (Å²) in [6, 6.07) is 10.1. The Morgan fingerprint density at radius 2 is 2.04 bits per heavy atom. The van der Waals surface area contributed by atoms with E-state index >= 15 is 0 Å². The van der Waals surface area contributed by atoms with Crippen LogP contribution in [0.4, 0.5) is 14.5 Å². The van der Waals surface area contributed by atoms with Crippen LogP contribution in [0.5, 0.6) is 0 Å². The van der Waals surface area contributed by atoms with E-state index in [2.05, 4.69) is 10.3 Å². The number of benzene rings is 2. The van der Waals surface area contributed by atoms with E-state index in [9.17, 15) is 13.6 Å². The van der Waals surface area contributed by atoms with Gasteiger partial charge in [0.05, 0.1) is 11.9 Å². The lowest BCUT2D eigenvalue weighted by molar-refractivity contribution is 0.102. The predicted octanol–water partition coefficient (Wildman–Crippen LogP) is 3.46. The molecule has 0 aliphatic rings. The molecule has 0 spiro atoms. The van der Waals surface area contributed by atoms with Crippen molar-refractivity contribution in [1.29, 1.82) is 0 Å². The first kappa shape index (κ1) is 14.9. The molecule has 0 unspecified atom stereocenters. The summed E-state index contributed by atoms with van der Waals surface area (Å²) < 4.78 is 28.4. The van der Waals surface area contributed by atoms with Crippen molar-refractivity contribution < 1.29 is 13.6 Å². The number of carbonyl (C=O) groups is 1. The van der Waals surface area contributed by atoms with Gasteiger partial charge in [0, 0.05) is 30.7 Å². The van der Waals surface area contributed by atoms with Gasteiger partial charge >= 0.3 is 0 Å². The third-order valence-corrected chi connectivity index (χ3v) is 3.28. The van der Waals surface area contributed by atoms with Crippen molar-refractivity contribution in [2.24, 2.45) is 0 Å². The third kappa shape index (κ3) is 3.60. The average Bonchev–Trinajstić information content (AvgIpc) is 3.00. The van der Waals surface area contributed by atoms with Crippen LogP contribution in [0.1, 0.15) is 15.9 Å². The Balaban J connectivity index is 1.76. The van der Waals surface area contributed by atoms with E-state index in [-0.39, 0.29) is 5.56 Å². The van der Waals surface area contributed by atoms with Gasteiger partial charge < -0.3 is 9.88 Å². The molecule has 0 radical (unpaired) electrons. The van der Waals surface area contributed by atoms with Crippen LogP contribution in [0.2, 0.25) is 0 Å². The van der Waals surface area contributed by atoms with Gasteiger partial charge in [-0.15, -0.1) is 0 Å². The Hall–Kier alpha value is -3.02. The molecule has 1 amide bonds. The molecule has 0 saturated heterocycles. The summed E-state index contributed by atoms with van der Waals surface area (Å²) >= 11 is 0. The number of imidazole rings is 1. The molecule has 3 rings (SSSR count). The van der Waals surface area contributed by atoms with Crippen LogP contribution in [-0.4, -0.2) is 15.5 Å². The smallest absolute Gasteiger partial charge is 0.258 e. The van der Waals surface area contributed by atoms with Crippen molar-refractivity contribution in [2.75, 3.05) is 5.32 Å². The van der Waals surface area contributed by atoms with Crippen LogP contribution in [0.3, 0.4) is 0 Å². The van der Waals surface area contributed by atoms with E-state index in [0.29, 0.717) is 18.3 Å². The number of nitrogens with zero attached hydrogens (tertiary/aromatic N) is 2. The van der Waals surface area contributed by atoms with Crippen LogP contribution in [0, 0.1) is 11.6 Å². The van der Waals surface area contributed by atoms with E-state index in [1.807, 2.05) is 16.8 Å². The number of anilines is 1. The zero-order chi connectivity index (χ0) is 16.2. The monoisotopic (exact) mass is 313 g/mol. The highest BCUT2D eigenvalue weighted by molar-refractivity contribution is 6.04. The van der Waals surface area contributed by atoms with Gasteiger partial charge in [-0.2, -0.15) is 0 Å². The number of hydrogen-bond donors (Lipinski definition) is 1. The second-order valence-corrected chi connectivity index (χ2v) is 5.01. The number of hydrogen-bond acceptors (Lipinski definition) is 2. The van der Waals surface area contributed by atoms with Crippen molar-refractivity contribution in [1.82, 2.24) is 9.55 Å². The Labute approximate surface area is 131 Å². The van der Waals surface area contributed by atoms with Crippen molar-refractivity contribution >= 4 is 11.6 Å². The average molecular weight is 313 g/mol. The first-order valence-corrected chi connectivity index (χ1v) is 6.93. The Bertz CT molecular complexity index is 832. The fourth-order valence-corrected chi connectivity index (χ4v) is 2.21. The SMILES string of the molecule is O=C(Nc1cccc(Cn2ccnc2)c1)c1ccc(F)cc1F. The van der Waals surface area contributed by atoms with Gasteiger partial charge in [0.15, 0.2) is 0 Å². The molecular formula is C17H13F2N3O. The van der Waals surface area contributed by atoms with Gasteiger partial charge in [0.1, 0.15) is 11.6 Å². The molecule has 0 atom stereocenters. The van der Waals surface area contributed by atoms with E-state index in [1.165, 1.54) is 0 Å². The molecule has 0 saturated carbocycles. The molecule has 1 aromatic heterocycles. The predicted molar refractivity (Wildman–Crippen MR) is 82.1 cm³/mol. The van der Waals surface area contributed by atoms with E-state index in [1.54, 1.807) is 30.7 Å². The maximum atomic E-state index is 13.6. The van der Waals surface area contributed by atoms with Crippen molar-refractivity contribution in [3.05, 3.63) is 83.9 Å². The fraction of sp³-hybridized carbons (Fsp3) is 0.0588. The number of halogens is 2. The number of amides is 1. The van der Waals surface area contributed by atoms with Gasteiger partial charge in [0.25, 0.3) is 5.91 Å². The molecule has 2 aromatic carbocycles. The van der Waals surface area contributed by atoms with Crippen LogP contribution >= 0.6 is 0 Å². The van der Waals surface area contributed by atoms with E-state index in [0.717, 1.165) is 17.7 Å². The Morgan fingerprint density at radius 1 is 1.17 bits per heavy atom. The molecule has 0 aliphatic carbocycles. The molecule has 23 heavy (non-hydrogen) atoms. The summed E-state index contributed by atoms with van der Waals surface area (Å²) in [4.78, 5) is 16.1. The van der Waals surface area contributed by atoms with Crippen LogP contribution in [0.15, 0.2) is 61.2 Å². The van der Waals surface area contributed by atoms with Crippen LogP contribution in [0.25, 0.3) is 0 Å². The summed E-state index contributed by atoms with van der Waals surface area (Å²) in [5.74, 6) is -2.24. The molecule has 1 heterocycles. The lowest BCUT2D eigenvalue weighted by Gasteiger charge is -2.09. The van der Waals surface area contributed by atoms with Gasteiger partial charge in [0.2, 0.25) is 0 Å². The zero-order valence-corrected chi connectivity index (χ0v) is 12.0. The topological polar surface area (TPSA) is 46.9 Å². The molecule has 0 bridgehead atoms. The molecule has 3 aromatic rings. The molecule has 4 nitrogen and oxygen atoms in total.